The Kier molecular flexibility index (Phi) is 4.46. The van der Waals surface area contributed by atoms with Crippen molar-refractivity contribution in [1.29, 1.82) is 0 Å². The number of amides is 2. The van der Waals surface area contributed by atoms with Gasteiger partial charge in [-0.1, -0.05) is 12.2 Å². The summed E-state index contributed by atoms with van der Waals surface area (Å²) in [4.78, 5) is 36.5. The number of hydrogen-bond acceptors (Lipinski definition) is 7. The lowest BCUT2D eigenvalue weighted by atomic mass is 9.63. The van der Waals surface area contributed by atoms with E-state index < -0.39 is 4.92 Å². The normalized spacial score (nSPS) is 26.7. The first-order valence-corrected chi connectivity index (χ1v) is 10.0. The molecule has 0 N–H and O–H groups in total. The number of ether oxygens (including phenoxy) is 1. The number of benzene rings is 1. The standard InChI is InChI=1S/C22H19N3O6/c1-30-14-6-8-16(17(10-14)25(28)29)18-9-7-15(31-18)11-23-24-21(26)19-12-2-3-13(5-4-12)20(19)22(24)27/h2-3,6-13,19-20H,4-5H2,1H3/b23-11-/t12-,13-,19-,20-/m0/s1. The molecule has 2 bridgehead atoms. The number of imide groups is 1. The van der Waals surface area contributed by atoms with Gasteiger partial charge in [-0.3, -0.25) is 19.7 Å². The van der Waals surface area contributed by atoms with Crippen molar-refractivity contribution in [3.63, 3.8) is 0 Å². The first-order valence-electron chi connectivity index (χ1n) is 10.0. The van der Waals surface area contributed by atoms with Gasteiger partial charge in [0.15, 0.2) is 0 Å². The maximum absolute atomic E-state index is 12.8. The number of nitro benzene ring substituents is 1. The number of nitro groups is 1. The van der Waals surface area contributed by atoms with Crippen LogP contribution in [0.25, 0.3) is 11.3 Å². The van der Waals surface area contributed by atoms with Gasteiger partial charge in [-0.2, -0.15) is 10.1 Å². The van der Waals surface area contributed by atoms with Gasteiger partial charge in [0.05, 0.1) is 41.7 Å². The van der Waals surface area contributed by atoms with Gasteiger partial charge < -0.3 is 9.15 Å². The van der Waals surface area contributed by atoms with E-state index >= 15 is 0 Å². The Morgan fingerprint density at radius 1 is 1.13 bits per heavy atom. The molecule has 2 heterocycles. The predicted octanol–water partition coefficient (Wildman–Crippen LogP) is 3.39. The lowest BCUT2D eigenvalue weighted by molar-refractivity contribution is -0.384. The van der Waals surface area contributed by atoms with Crippen LogP contribution in [-0.4, -0.2) is 35.1 Å². The van der Waals surface area contributed by atoms with Gasteiger partial charge in [-0.15, -0.1) is 0 Å². The van der Waals surface area contributed by atoms with E-state index in [1.54, 1.807) is 18.2 Å². The van der Waals surface area contributed by atoms with Crippen molar-refractivity contribution < 1.29 is 23.7 Å². The quantitative estimate of drug-likeness (QED) is 0.240. The molecule has 9 heteroatoms. The van der Waals surface area contributed by atoms with Crippen LogP contribution in [0.4, 0.5) is 5.69 Å². The second-order valence-corrected chi connectivity index (χ2v) is 7.92. The SMILES string of the molecule is COc1ccc(-c2ccc(/C=N\N3C(=O)[C@@H]4[C@@H](C3=O)[C@H]3C=C[C@H]4CC3)o2)c([N+](=O)[O-])c1. The molecule has 2 amide bonds. The topological polar surface area (TPSA) is 115 Å². The molecule has 158 valence electrons. The number of hydrazone groups is 1. The molecule has 0 unspecified atom stereocenters. The van der Waals surface area contributed by atoms with Crippen molar-refractivity contribution in [3.05, 3.63) is 58.4 Å². The third-order valence-corrected chi connectivity index (χ3v) is 6.33. The van der Waals surface area contributed by atoms with Crippen LogP contribution >= 0.6 is 0 Å². The number of methoxy groups -OCH3 is 1. The van der Waals surface area contributed by atoms with Crippen LogP contribution in [0, 0.1) is 33.8 Å². The summed E-state index contributed by atoms with van der Waals surface area (Å²) in [6, 6.07) is 7.61. The monoisotopic (exact) mass is 421 g/mol. The highest BCUT2D eigenvalue weighted by Gasteiger charge is 2.56. The first-order chi connectivity index (χ1) is 15.0. The number of carbonyl (C=O) groups is 2. The van der Waals surface area contributed by atoms with E-state index in [1.807, 2.05) is 12.2 Å². The fourth-order valence-electron chi connectivity index (χ4n) is 4.85. The molecule has 2 aromatic rings. The van der Waals surface area contributed by atoms with E-state index in [2.05, 4.69) is 5.10 Å². The lowest BCUT2D eigenvalue weighted by Gasteiger charge is -2.37. The Labute approximate surface area is 177 Å². The third-order valence-electron chi connectivity index (χ3n) is 6.33. The van der Waals surface area contributed by atoms with Gasteiger partial charge in [0, 0.05) is 0 Å². The van der Waals surface area contributed by atoms with Crippen LogP contribution in [0.5, 0.6) is 5.75 Å². The Balaban J connectivity index is 1.39. The number of fused-ring (bicyclic) bond motifs is 1. The van der Waals surface area contributed by atoms with Gasteiger partial charge in [-0.05, 0) is 48.9 Å². The van der Waals surface area contributed by atoms with Gasteiger partial charge in [0.2, 0.25) is 0 Å². The van der Waals surface area contributed by atoms with Crippen molar-refractivity contribution in [2.45, 2.75) is 12.8 Å². The number of rotatable bonds is 5. The minimum Gasteiger partial charge on any atom is -0.497 e. The van der Waals surface area contributed by atoms with E-state index in [4.69, 9.17) is 9.15 Å². The van der Waals surface area contributed by atoms with E-state index in [0.717, 1.165) is 17.9 Å². The number of furan rings is 1. The van der Waals surface area contributed by atoms with Crippen molar-refractivity contribution in [2.75, 3.05) is 7.11 Å². The third kappa shape index (κ3) is 3.04. The lowest BCUT2D eigenvalue weighted by Crippen LogP contribution is -2.38. The molecule has 6 rings (SSSR count). The summed E-state index contributed by atoms with van der Waals surface area (Å²) < 4.78 is 10.7. The Morgan fingerprint density at radius 2 is 1.81 bits per heavy atom. The fourth-order valence-corrected chi connectivity index (χ4v) is 4.85. The van der Waals surface area contributed by atoms with Gasteiger partial charge >= 0.3 is 0 Å². The summed E-state index contributed by atoms with van der Waals surface area (Å²) in [7, 11) is 1.43. The molecule has 9 nitrogen and oxygen atoms in total. The molecular weight excluding hydrogens is 402 g/mol. The van der Waals surface area contributed by atoms with Crippen LogP contribution in [0.3, 0.4) is 0 Å². The molecule has 2 fully saturated rings. The smallest absolute Gasteiger partial charge is 0.284 e. The van der Waals surface area contributed by atoms with Crippen LogP contribution < -0.4 is 4.74 Å². The molecule has 1 saturated heterocycles. The largest absolute Gasteiger partial charge is 0.497 e. The molecule has 1 saturated carbocycles. The molecule has 0 radical (unpaired) electrons. The van der Waals surface area contributed by atoms with Crippen molar-refractivity contribution in [2.24, 2.45) is 28.8 Å². The summed E-state index contributed by atoms with van der Waals surface area (Å²) >= 11 is 0. The molecule has 4 aliphatic rings. The zero-order valence-corrected chi connectivity index (χ0v) is 16.6. The summed E-state index contributed by atoms with van der Waals surface area (Å²) in [6.07, 6.45) is 7.23. The summed E-state index contributed by atoms with van der Waals surface area (Å²) in [5, 5.41) is 16.5. The van der Waals surface area contributed by atoms with Gasteiger partial charge in [0.25, 0.3) is 17.5 Å². The molecule has 31 heavy (non-hydrogen) atoms. The number of allylic oxidation sites excluding steroid dienone is 2. The highest BCUT2D eigenvalue weighted by atomic mass is 16.6. The van der Waals surface area contributed by atoms with Gasteiger partial charge in [0.1, 0.15) is 17.3 Å². The highest BCUT2D eigenvalue weighted by Crippen LogP contribution is 2.49. The van der Waals surface area contributed by atoms with Crippen molar-refractivity contribution >= 4 is 23.7 Å². The van der Waals surface area contributed by atoms with Gasteiger partial charge in [-0.25, -0.2) is 0 Å². The zero-order chi connectivity index (χ0) is 21.7. The summed E-state index contributed by atoms with van der Waals surface area (Å²) in [5.41, 5.74) is 0.126. The number of carbonyl (C=O) groups excluding carboxylic acids is 2. The van der Waals surface area contributed by atoms with Crippen LogP contribution in [-0.2, 0) is 9.59 Å². The average molecular weight is 421 g/mol. The maximum atomic E-state index is 12.8. The molecule has 3 aliphatic carbocycles. The van der Waals surface area contributed by atoms with Crippen molar-refractivity contribution in [1.82, 2.24) is 5.01 Å². The molecule has 1 aromatic heterocycles. The molecular formula is C22H19N3O6. The second-order valence-electron chi connectivity index (χ2n) is 7.92. The maximum Gasteiger partial charge on any atom is 0.284 e. The molecule has 0 spiro atoms. The Bertz CT molecular complexity index is 1120. The van der Waals surface area contributed by atoms with Crippen LogP contribution in [0.2, 0.25) is 0 Å². The molecule has 1 aliphatic heterocycles. The van der Waals surface area contributed by atoms with Crippen LogP contribution in [0.15, 0.2) is 52.0 Å². The molecule has 4 atom stereocenters. The highest BCUT2D eigenvalue weighted by molar-refractivity contribution is 6.06. The Hall–Kier alpha value is -3.75. The van der Waals surface area contributed by atoms with E-state index in [9.17, 15) is 19.7 Å². The zero-order valence-electron chi connectivity index (χ0n) is 16.6. The molecule has 1 aromatic carbocycles. The minimum absolute atomic E-state index is 0.0949. The summed E-state index contributed by atoms with van der Waals surface area (Å²) in [5.74, 6) is -0.118. The number of nitrogens with zero attached hydrogens (tertiary/aromatic N) is 3. The number of hydrogen-bond donors (Lipinski definition) is 0. The van der Waals surface area contributed by atoms with E-state index in [1.165, 1.54) is 25.5 Å². The van der Waals surface area contributed by atoms with E-state index in [0.29, 0.717) is 5.75 Å². The Morgan fingerprint density at radius 3 is 2.39 bits per heavy atom. The van der Waals surface area contributed by atoms with Crippen molar-refractivity contribution in [3.8, 4) is 17.1 Å². The van der Waals surface area contributed by atoms with Crippen LogP contribution in [0.1, 0.15) is 18.6 Å². The summed E-state index contributed by atoms with van der Waals surface area (Å²) in [6.45, 7) is 0. The average Bonchev–Trinajstić information content (AvgIpc) is 3.36. The predicted molar refractivity (Wildman–Crippen MR) is 109 cm³/mol. The fraction of sp³-hybridized carbons (Fsp3) is 0.318. The second kappa shape index (κ2) is 7.19. The van der Waals surface area contributed by atoms with E-state index in [-0.39, 0.29) is 58.3 Å². The minimum atomic E-state index is -0.514. The first kappa shape index (κ1) is 19.2.